The predicted molar refractivity (Wildman–Crippen MR) is 115 cm³/mol. The molecule has 0 radical (unpaired) electrons. The first kappa shape index (κ1) is 19.4. The summed E-state index contributed by atoms with van der Waals surface area (Å²) in [6.07, 6.45) is 10.4. The van der Waals surface area contributed by atoms with Crippen LogP contribution in [0.5, 0.6) is 0 Å². The third kappa shape index (κ3) is 3.33. The van der Waals surface area contributed by atoms with Crippen LogP contribution in [0.15, 0.2) is 18.7 Å². The number of aromatic nitrogens is 4. The largest absolute Gasteiger partial charge is 0.354 e. The molecule has 2 aliphatic heterocycles. The van der Waals surface area contributed by atoms with Gasteiger partial charge in [-0.25, -0.2) is 28.4 Å². The minimum Gasteiger partial charge on any atom is -0.354 e. The molecule has 1 fully saturated rings. The Labute approximate surface area is 176 Å². The number of sulfonamides is 1. The monoisotopic (exact) mass is 427 g/mol. The fourth-order valence-electron chi connectivity index (χ4n) is 4.55. The van der Waals surface area contributed by atoms with Gasteiger partial charge in [-0.3, -0.25) is 0 Å². The fraction of sp³-hybridized carbons (Fsp3) is 0.500. The molecule has 2 aromatic rings. The molecule has 5 rings (SSSR count). The minimum absolute atomic E-state index is 0.260. The summed E-state index contributed by atoms with van der Waals surface area (Å²) in [5.74, 6) is 1.87. The molecule has 1 aliphatic carbocycles. The summed E-state index contributed by atoms with van der Waals surface area (Å²) in [6.45, 7) is 5.07. The topological polar surface area (TPSA) is 95.4 Å². The SMILES string of the molecule is C[C@@H]1Cc2ncnc(N3CCN(S(C)(=O)=O)CC3)c2CN1c1ncnc2c1C=CC2. The molecule has 2 aromatic heterocycles. The molecule has 0 spiro atoms. The number of fused-ring (bicyclic) bond motifs is 2. The van der Waals surface area contributed by atoms with Crippen LogP contribution >= 0.6 is 0 Å². The molecule has 0 aromatic carbocycles. The summed E-state index contributed by atoms with van der Waals surface area (Å²) >= 11 is 0. The third-order valence-electron chi connectivity index (χ3n) is 6.18. The van der Waals surface area contributed by atoms with E-state index in [1.165, 1.54) is 10.6 Å². The van der Waals surface area contributed by atoms with Crippen LogP contribution in [0.25, 0.3) is 6.08 Å². The Morgan fingerprint density at radius 3 is 2.40 bits per heavy atom. The summed E-state index contributed by atoms with van der Waals surface area (Å²) in [5, 5.41) is 0. The molecule has 1 saturated heterocycles. The van der Waals surface area contributed by atoms with Crippen molar-refractivity contribution in [2.45, 2.75) is 32.4 Å². The van der Waals surface area contributed by atoms with Crippen molar-refractivity contribution < 1.29 is 8.42 Å². The zero-order valence-electron chi connectivity index (χ0n) is 17.2. The molecule has 1 atom stereocenters. The first-order valence-corrected chi connectivity index (χ1v) is 12.1. The van der Waals surface area contributed by atoms with Gasteiger partial charge in [0.15, 0.2) is 0 Å². The average molecular weight is 428 g/mol. The molecular formula is C20H25N7O2S. The van der Waals surface area contributed by atoms with Gasteiger partial charge in [-0.2, -0.15) is 4.31 Å². The lowest BCUT2D eigenvalue weighted by Crippen LogP contribution is -2.49. The number of hydrogen-bond acceptors (Lipinski definition) is 8. The molecular weight excluding hydrogens is 402 g/mol. The third-order valence-corrected chi connectivity index (χ3v) is 7.48. The van der Waals surface area contributed by atoms with Crippen molar-refractivity contribution in [1.29, 1.82) is 0 Å². The average Bonchev–Trinajstić information content (AvgIpc) is 3.21. The van der Waals surface area contributed by atoms with Crippen LogP contribution in [0.1, 0.15) is 29.4 Å². The highest BCUT2D eigenvalue weighted by atomic mass is 32.2. The number of rotatable bonds is 3. The second kappa shape index (κ2) is 7.28. The van der Waals surface area contributed by atoms with E-state index in [-0.39, 0.29) is 6.04 Å². The molecule has 0 amide bonds. The standard InChI is InChI=1S/C20H25N7O2S/c1-14-10-18-16(11-27(14)20-15-4-3-5-17(15)21-12-24-20)19(23-13-22-18)25-6-8-26(9-7-25)30(2,28)29/h3-4,12-14H,5-11H2,1-2H3/t14-/m1/s1. The second-order valence-corrected chi connectivity index (χ2v) is 10.1. The lowest BCUT2D eigenvalue weighted by Gasteiger charge is -2.39. The molecule has 158 valence electrons. The predicted octanol–water partition coefficient (Wildman–Crippen LogP) is 0.869. The maximum absolute atomic E-state index is 11.8. The first-order valence-electron chi connectivity index (χ1n) is 10.2. The summed E-state index contributed by atoms with van der Waals surface area (Å²) in [5.41, 5.74) is 4.35. The van der Waals surface area contributed by atoms with Gasteiger partial charge in [0, 0.05) is 56.2 Å². The Morgan fingerprint density at radius 1 is 0.967 bits per heavy atom. The van der Waals surface area contributed by atoms with Crippen LogP contribution in [0, 0.1) is 0 Å². The summed E-state index contributed by atoms with van der Waals surface area (Å²) in [4.78, 5) is 22.7. The summed E-state index contributed by atoms with van der Waals surface area (Å²) < 4.78 is 25.2. The highest BCUT2D eigenvalue weighted by molar-refractivity contribution is 7.88. The van der Waals surface area contributed by atoms with Gasteiger partial charge in [0.2, 0.25) is 10.0 Å². The molecule has 4 heterocycles. The number of piperazine rings is 1. The van der Waals surface area contributed by atoms with Crippen LogP contribution in [0.4, 0.5) is 11.6 Å². The molecule has 0 bridgehead atoms. The van der Waals surface area contributed by atoms with E-state index >= 15 is 0 Å². The first-order chi connectivity index (χ1) is 14.4. The number of nitrogens with zero attached hydrogens (tertiary/aromatic N) is 7. The van der Waals surface area contributed by atoms with Crippen LogP contribution in [0.3, 0.4) is 0 Å². The lowest BCUT2D eigenvalue weighted by molar-refractivity contribution is 0.386. The number of hydrogen-bond donors (Lipinski definition) is 0. The van der Waals surface area contributed by atoms with Gasteiger partial charge in [-0.15, -0.1) is 0 Å². The van der Waals surface area contributed by atoms with Gasteiger partial charge >= 0.3 is 0 Å². The van der Waals surface area contributed by atoms with Crippen molar-refractivity contribution in [2.24, 2.45) is 0 Å². The van der Waals surface area contributed by atoms with Crippen LogP contribution in [-0.2, 0) is 29.4 Å². The normalized spacial score (nSPS) is 21.6. The van der Waals surface area contributed by atoms with Gasteiger partial charge in [-0.1, -0.05) is 12.2 Å². The highest BCUT2D eigenvalue weighted by Gasteiger charge is 2.32. The minimum atomic E-state index is -3.16. The van der Waals surface area contributed by atoms with Crippen molar-refractivity contribution in [3.63, 3.8) is 0 Å². The van der Waals surface area contributed by atoms with Crippen molar-refractivity contribution in [2.75, 3.05) is 42.2 Å². The van der Waals surface area contributed by atoms with Gasteiger partial charge in [0.05, 0.1) is 24.2 Å². The summed E-state index contributed by atoms with van der Waals surface area (Å²) in [7, 11) is -3.16. The number of allylic oxidation sites excluding steroid dienone is 1. The van der Waals surface area contributed by atoms with Crippen LogP contribution in [-0.4, -0.2) is 71.1 Å². The second-order valence-electron chi connectivity index (χ2n) is 8.12. The van der Waals surface area contributed by atoms with E-state index in [0.717, 1.165) is 47.0 Å². The van der Waals surface area contributed by atoms with Crippen LogP contribution < -0.4 is 9.80 Å². The Hall–Kier alpha value is -2.59. The fourth-order valence-corrected chi connectivity index (χ4v) is 5.38. The van der Waals surface area contributed by atoms with Crippen molar-refractivity contribution in [1.82, 2.24) is 24.2 Å². The maximum atomic E-state index is 11.8. The van der Waals surface area contributed by atoms with Gasteiger partial charge < -0.3 is 9.80 Å². The molecule has 30 heavy (non-hydrogen) atoms. The molecule has 0 saturated carbocycles. The molecule has 3 aliphatic rings. The van der Waals surface area contributed by atoms with E-state index in [1.807, 2.05) is 0 Å². The van der Waals surface area contributed by atoms with E-state index in [4.69, 9.17) is 0 Å². The quantitative estimate of drug-likeness (QED) is 0.712. The van der Waals surface area contributed by atoms with E-state index < -0.39 is 10.0 Å². The molecule has 9 nitrogen and oxygen atoms in total. The van der Waals surface area contributed by atoms with E-state index in [1.54, 1.807) is 12.7 Å². The smallest absolute Gasteiger partial charge is 0.211 e. The van der Waals surface area contributed by atoms with E-state index in [2.05, 4.69) is 48.8 Å². The zero-order chi connectivity index (χ0) is 20.9. The van der Waals surface area contributed by atoms with Crippen molar-refractivity contribution >= 4 is 27.7 Å². The van der Waals surface area contributed by atoms with E-state index in [9.17, 15) is 8.42 Å². The number of anilines is 2. The van der Waals surface area contributed by atoms with E-state index in [0.29, 0.717) is 32.7 Å². The van der Waals surface area contributed by atoms with Gasteiger partial charge in [0.25, 0.3) is 0 Å². The zero-order valence-corrected chi connectivity index (χ0v) is 18.0. The Morgan fingerprint density at radius 2 is 1.67 bits per heavy atom. The molecule has 0 N–H and O–H groups in total. The van der Waals surface area contributed by atoms with Crippen molar-refractivity contribution in [3.05, 3.63) is 41.2 Å². The van der Waals surface area contributed by atoms with Gasteiger partial charge in [-0.05, 0) is 6.92 Å². The Balaban J connectivity index is 1.45. The Kier molecular flexibility index (Phi) is 4.70. The highest BCUT2D eigenvalue weighted by Crippen LogP contribution is 2.35. The molecule has 0 unspecified atom stereocenters. The molecule has 10 heteroatoms. The lowest BCUT2D eigenvalue weighted by atomic mass is 9.99. The van der Waals surface area contributed by atoms with Crippen molar-refractivity contribution in [3.8, 4) is 0 Å². The summed E-state index contributed by atoms with van der Waals surface area (Å²) in [6, 6.07) is 0.260. The maximum Gasteiger partial charge on any atom is 0.211 e. The van der Waals surface area contributed by atoms with Crippen LogP contribution in [0.2, 0.25) is 0 Å². The Bertz CT molecular complexity index is 1110. The van der Waals surface area contributed by atoms with Gasteiger partial charge in [0.1, 0.15) is 24.3 Å².